The molecule has 3 aliphatic rings. The predicted octanol–water partition coefficient (Wildman–Crippen LogP) is 5.17. The van der Waals surface area contributed by atoms with E-state index in [9.17, 15) is 9.59 Å². The smallest absolute Gasteiger partial charge is 0.254 e. The number of benzene rings is 1. The van der Waals surface area contributed by atoms with E-state index < -0.39 is 5.54 Å². The van der Waals surface area contributed by atoms with E-state index in [-0.39, 0.29) is 23.8 Å². The van der Waals surface area contributed by atoms with Crippen LogP contribution in [0.15, 0.2) is 47.1 Å². The molecule has 0 unspecified atom stereocenters. The highest BCUT2D eigenvalue weighted by molar-refractivity contribution is 6.02. The largest absolute Gasteiger partial charge is 0.467 e. The third-order valence-electron chi connectivity index (χ3n) is 7.68. The van der Waals surface area contributed by atoms with Crippen molar-refractivity contribution >= 4 is 11.8 Å². The molecule has 0 bridgehead atoms. The van der Waals surface area contributed by atoms with Crippen molar-refractivity contribution in [1.82, 2.24) is 10.2 Å². The molecule has 1 aromatic heterocycles. The molecule has 1 aromatic carbocycles. The average Bonchev–Trinajstić information content (AvgIpc) is 3.33. The number of carbonyl (C=O) groups is 2. The highest BCUT2D eigenvalue weighted by Crippen LogP contribution is 2.51. The molecular formula is C26H32N2O3. The second kappa shape index (κ2) is 8.52. The van der Waals surface area contributed by atoms with E-state index in [0.717, 1.165) is 49.8 Å². The summed E-state index contributed by atoms with van der Waals surface area (Å²) in [5.74, 6) is 0.562. The number of hydrogen-bond donors (Lipinski definition) is 1. The van der Waals surface area contributed by atoms with E-state index in [2.05, 4.69) is 10.2 Å². The lowest BCUT2D eigenvalue weighted by atomic mass is 9.64. The minimum absolute atomic E-state index is 0.0130. The maximum absolute atomic E-state index is 13.9. The van der Waals surface area contributed by atoms with Gasteiger partial charge in [-0.2, -0.15) is 0 Å². The summed E-state index contributed by atoms with van der Waals surface area (Å²) in [6.07, 6.45) is 12.4. The van der Waals surface area contributed by atoms with Crippen LogP contribution in [0.25, 0.3) is 0 Å². The fourth-order valence-corrected chi connectivity index (χ4v) is 6.34. The summed E-state index contributed by atoms with van der Waals surface area (Å²) in [4.78, 5) is 29.9. The predicted molar refractivity (Wildman–Crippen MR) is 119 cm³/mol. The van der Waals surface area contributed by atoms with Crippen molar-refractivity contribution in [1.29, 1.82) is 0 Å². The number of hydrogen-bond acceptors (Lipinski definition) is 3. The van der Waals surface area contributed by atoms with Gasteiger partial charge in [0, 0.05) is 11.6 Å². The van der Waals surface area contributed by atoms with Crippen LogP contribution in [0.4, 0.5) is 0 Å². The van der Waals surface area contributed by atoms with Crippen molar-refractivity contribution in [2.75, 3.05) is 0 Å². The van der Waals surface area contributed by atoms with Crippen LogP contribution in [0.1, 0.15) is 91.8 Å². The van der Waals surface area contributed by atoms with Crippen LogP contribution in [0.2, 0.25) is 0 Å². The highest BCUT2D eigenvalue weighted by atomic mass is 16.3. The van der Waals surface area contributed by atoms with Crippen LogP contribution < -0.4 is 5.32 Å². The third-order valence-corrected chi connectivity index (χ3v) is 7.68. The van der Waals surface area contributed by atoms with Crippen LogP contribution in [-0.2, 0) is 11.3 Å². The zero-order chi connectivity index (χ0) is 21.3. The van der Waals surface area contributed by atoms with Crippen LogP contribution >= 0.6 is 0 Å². The fraction of sp³-hybridized carbons (Fsp3) is 0.538. The molecular weight excluding hydrogens is 388 g/mol. The monoisotopic (exact) mass is 420 g/mol. The Morgan fingerprint density at radius 3 is 2.48 bits per heavy atom. The van der Waals surface area contributed by atoms with Gasteiger partial charge in [0.15, 0.2) is 0 Å². The van der Waals surface area contributed by atoms with Gasteiger partial charge in [-0.3, -0.25) is 9.59 Å². The maximum Gasteiger partial charge on any atom is 0.254 e. The van der Waals surface area contributed by atoms with Gasteiger partial charge in [-0.05, 0) is 49.4 Å². The molecule has 1 atom stereocenters. The summed E-state index contributed by atoms with van der Waals surface area (Å²) >= 11 is 0. The Kier molecular flexibility index (Phi) is 5.59. The number of nitrogens with zero attached hydrogens (tertiary/aromatic N) is 1. The Morgan fingerprint density at radius 1 is 1.00 bits per heavy atom. The van der Waals surface area contributed by atoms with Gasteiger partial charge in [-0.1, -0.05) is 56.7 Å². The summed E-state index contributed by atoms with van der Waals surface area (Å²) in [7, 11) is 0. The first kappa shape index (κ1) is 20.3. The first-order chi connectivity index (χ1) is 15.2. The van der Waals surface area contributed by atoms with Gasteiger partial charge >= 0.3 is 0 Å². The van der Waals surface area contributed by atoms with Crippen molar-refractivity contribution in [2.45, 2.75) is 88.3 Å². The van der Waals surface area contributed by atoms with E-state index in [1.807, 2.05) is 36.4 Å². The van der Waals surface area contributed by atoms with Gasteiger partial charge in [-0.25, -0.2) is 0 Å². The molecule has 1 spiro atoms. The quantitative estimate of drug-likeness (QED) is 0.742. The Hall–Kier alpha value is -2.56. The van der Waals surface area contributed by atoms with Gasteiger partial charge in [0.25, 0.3) is 5.91 Å². The standard InChI is InChI=1S/C26H32N2O3/c29-24(27-18-20-12-9-17-31-20)23-21-13-5-6-14-22(21)25(30)28(19-10-3-1-4-11-19)26(23)15-7-2-8-16-26/h5-6,9,12-14,17,19,23H,1-4,7-8,10-11,15-16,18H2,(H,27,29)/t23-/m0/s1. The minimum Gasteiger partial charge on any atom is -0.467 e. The van der Waals surface area contributed by atoms with Crippen LogP contribution in [0.5, 0.6) is 0 Å². The zero-order valence-corrected chi connectivity index (χ0v) is 18.1. The van der Waals surface area contributed by atoms with E-state index in [4.69, 9.17) is 4.42 Å². The van der Waals surface area contributed by atoms with Crippen molar-refractivity contribution < 1.29 is 14.0 Å². The SMILES string of the molecule is O=C(NCc1ccco1)[C@@H]1c2ccccc2C(=O)N(C2CCCCC2)C12CCCCC2. The summed E-state index contributed by atoms with van der Waals surface area (Å²) in [6.45, 7) is 0.373. The number of carbonyl (C=O) groups excluding carboxylic acids is 2. The molecule has 2 fully saturated rings. The van der Waals surface area contributed by atoms with E-state index in [1.54, 1.807) is 6.26 Å². The van der Waals surface area contributed by atoms with Crippen molar-refractivity contribution in [3.05, 3.63) is 59.5 Å². The molecule has 31 heavy (non-hydrogen) atoms. The number of furan rings is 1. The Morgan fingerprint density at radius 2 is 1.74 bits per heavy atom. The van der Waals surface area contributed by atoms with Crippen molar-refractivity contribution in [2.24, 2.45) is 0 Å². The molecule has 2 heterocycles. The van der Waals surface area contributed by atoms with E-state index >= 15 is 0 Å². The molecule has 0 saturated heterocycles. The first-order valence-electron chi connectivity index (χ1n) is 11.9. The van der Waals surface area contributed by atoms with Crippen molar-refractivity contribution in [3.8, 4) is 0 Å². The Labute approximate surface area is 184 Å². The van der Waals surface area contributed by atoms with Crippen LogP contribution in [-0.4, -0.2) is 28.3 Å². The van der Waals surface area contributed by atoms with Gasteiger partial charge in [0.05, 0.1) is 24.3 Å². The van der Waals surface area contributed by atoms with Gasteiger partial charge in [0.2, 0.25) is 5.91 Å². The molecule has 5 nitrogen and oxygen atoms in total. The molecule has 5 heteroatoms. The summed E-state index contributed by atoms with van der Waals surface area (Å²) < 4.78 is 5.43. The summed E-state index contributed by atoms with van der Waals surface area (Å²) in [6, 6.07) is 11.8. The Bertz CT molecular complexity index is 924. The molecule has 2 amide bonds. The molecule has 0 radical (unpaired) electrons. The van der Waals surface area contributed by atoms with Gasteiger partial charge in [-0.15, -0.1) is 0 Å². The number of fused-ring (bicyclic) bond motifs is 1. The minimum atomic E-state index is -0.418. The molecule has 2 aromatic rings. The lowest BCUT2D eigenvalue weighted by molar-refractivity contribution is -0.128. The van der Waals surface area contributed by atoms with E-state index in [0.29, 0.717) is 12.1 Å². The molecule has 2 aliphatic carbocycles. The first-order valence-corrected chi connectivity index (χ1v) is 11.9. The third kappa shape index (κ3) is 3.58. The zero-order valence-electron chi connectivity index (χ0n) is 18.1. The molecule has 2 saturated carbocycles. The molecule has 1 aliphatic heterocycles. The normalized spacial score (nSPS) is 23.5. The fourth-order valence-electron chi connectivity index (χ4n) is 6.34. The van der Waals surface area contributed by atoms with E-state index in [1.165, 1.54) is 25.7 Å². The highest BCUT2D eigenvalue weighted by Gasteiger charge is 2.56. The molecule has 1 N–H and O–H groups in total. The van der Waals surface area contributed by atoms with Crippen LogP contribution in [0.3, 0.4) is 0 Å². The summed E-state index contributed by atoms with van der Waals surface area (Å²) in [5.41, 5.74) is 1.19. The average molecular weight is 421 g/mol. The second-order valence-electron chi connectivity index (χ2n) is 9.45. The maximum atomic E-state index is 13.9. The molecule has 5 rings (SSSR count). The van der Waals surface area contributed by atoms with Crippen LogP contribution in [0, 0.1) is 0 Å². The lowest BCUT2D eigenvalue weighted by Gasteiger charge is -2.57. The number of rotatable bonds is 4. The lowest BCUT2D eigenvalue weighted by Crippen LogP contribution is -2.65. The van der Waals surface area contributed by atoms with Crippen molar-refractivity contribution in [3.63, 3.8) is 0 Å². The molecule has 164 valence electrons. The van der Waals surface area contributed by atoms with Gasteiger partial charge in [0.1, 0.15) is 5.76 Å². The second-order valence-corrected chi connectivity index (χ2v) is 9.45. The topological polar surface area (TPSA) is 62.6 Å². The number of amides is 2. The van der Waals surface area contributed by atoms with Gasteiger partial charge < -0.3 is 14.6 Å². The number of nitrogens with one attached hydrogen (secondary N) is 1. The Balaban J connectivity index is 1.57. The summed E-state index contributed by atoms with van der Waals surface area (Å²) in [5, 5.41) is 3.13.